The van der Waals surface area contributed by atoms with Crippen molar-refractivity contribution in [2.24, 2.45) is 4.99 Å². The van der Waals surface area contributed by atoms with Crippen molar-refractivity contribution in [1.29, 1.82) is 0 Å². The molecule has 0 bridgehead atoms. The van der Waals surface area contributed by atoms with Crippen molar-refractivity contribution in [2.75, 3.05) is 41.8 Å². The van der Waals surface area contributed by atoms with Gasteiger partial charge in [-0.15, -0.1) is 0 Å². The number of hydrogen-bond acceptors (Lipinski definition) is 3. The maximum atomic E-state index is 4.00. The first-order valence-corrected chi connectivity index (χ1v) is 4.00. The van der Waals surface area contributed by atoms with Crippen LogP contribution in [0.15, 0.2) is 16.8 Å². The first-order valence-electron chi connectivity index (χ1n) is 4.00. The quantitative estimate of drug-likeness (QED) is 0.577. The van der Waals surface area contributed by atoms with Crippen molar-refractivity contribution in [3.05, 3.63) is 11.8 Å². The average molecular weight is 169 g/mol. The highest BCUT2D eigenvalue weighted by atomic mass is 15.1. The summed E-state index contributed by atoms with van der Waals surface area (Å²) in [4.78, 5) is 8.15. The number of rotatable bonds is 4. The van der Waals surface area contributed by atoms with Crippen molar-refractivity contribution in [1.82, 2.24) is 9.80 Å². The molecule has 12 heavy (non-hydrogen) atoms. The van der Waals surface area contributed by atoms with Crippen LogP contribution in [0.4, 0.5) is 0 Å². The molecule has 0 saturated carbocycles. The monoisotopic (exact) mass is 169 g/mol. The number of likely N-dealkylation sites (N-methyl/N-ethyl adjacent to an activating group) is 1. The predicted octanol–water partition coefficient (Wildman–Crippen LogP) is 0.694. The smallest absolute Gasteiger partial charge is 0.0277 e. The zero-order valence-electron chi connectivity index (χ0n) is 8.70. The fraction of sp³-hybridized carbons (Fsp3) is 0.667. The van der Waals surface area contributed by atoms with Gasteiger partial charge < -0.3 is 9.80 Å². The number of hydrogen-bond donors (Lipinski definition) is 0. The fourth-order valence-electron chi connectivity index (χ4n) is 0.978. The van der Waals surface area contributed by atoms with E-state index in [1.165, 1.54) is 5.57 Å². The maximum absolute atomic E-state index is 4.00. The van der Waals surface area contributed by atoms with Crippen LogP contribution in [-0.2, 0) is 0 Å². The number of nitrogens with zero attached hydrogens (tertiary/aromatic N) is 3. The molecule has 0 aromatic carbocycles. The van der Waals surface area contributed by atoms with Crippen molar-refractivity contribution in [3.8, 4) is 0 Å². The Morgan fingerprint density at radius 1 is 1.25 bits per heavy atom. The Balaban J connectivity index is 4.22. The first kappa shape index (κ1) is 11.2. The summed E-state index contributed by atoms with van der Waals surface area (Å²) < 4.78 is 0. The molecule has 0 N–H and O–H groups in total. The van der Waals surface area contributed by atoms with Crippen molar-refractivity contribution >= 4 is 6.21 Å². The van der Waals surface area contributed by atoms with Crippen LogP contribution in [0.2, 0.25) is 0 Å². The molecule has 0 aromatic rings. The zero-order chi connectivity index (χ0) is 9.56. The van der Waals surface area contributed by atoms with Gasteiger partial charge in [-0.05, 0) is 19.7 Å². The first-order chi connectivity index (χ1) is 5.56. The van der Waals surface area contributed by atoms with Crippen LogP contribution in [0.1, 0.15) is 0 Å². The zero-order valence-corrected chi connectivity index (χ0v) is 8.70. The lowest BCUT2D eigenvalue weighted by Gasteiger charge is -2.12. The van der Waals surface area contributed by atoms with Crippen LogP contribution in [0, 0.1) is 0 Å². The van der Waals surface area contributed by atoms with Gasteiger partial charge in [-0.25, -0.2) is 0 Å². The van der Waals surface area contributed by atoms with Crippen LogP contribution in [0.5, 0.6) is 0 Å². The van der Waals surface area contributed by atoms with Gasteiger partial charge in [0, 0.05) is 40.1 Å². The van der Waals surface area contributed by atoms with Crippen molar-refractivity contribution in [3.63, 3.8) is 0 Å². The predicted molar refractivity (Wildman–Crippen MR) is 54.7 cm³/mol. The van der Waals surface area contributed by atoms with Gasteiger partial charge in [-0.3, -0.25) is 4.99 Å². The molecule has 0 rings (SSSR count). The molecule has 3 heteroatoms. The van der Waals surface area contributed by atoms with Crippen molar-refractivity contribution < 1.29 is 0 Å². The van der Waals surface area contributed by atoms with Crippen LogP contribution >= 0.6 is 0 Å². The summed E-state index contributed by atoms with van der Waals surface area (Å²) >= 11 is 0. The molecule has 0 unspecified atom stereocenters. The van der Waals surface area contributed by atoms with E-state index in [9.17, 15) is 0 Å². The summed E-state index contributed by atoms with van der Waals surface area (Å²) in [7, 11) is 9.91. The molecular weight excluding hydrogens is 150 g/mol. The van der Waals surface area contributed by atoms with E-state index in [1.54, 1.807) is 7.05 Å². The highest BCUT2D eigenvalue weighted by Gasteiger charge is 1.95. The minimum Gasteiger partial charge on any atom is -0.383 e. The second kappa shape index (κ2) is 5.77. The molecule has 0 fully saturated rings. The highest BCUT2D eigenvalue weighted by Crippen LogP contribution is 1.94. The SMILES string of the molecule is C/N=C\C(=C/N(C)C)CN(C)C. The van der Waals surface area contributed by atoms with Gasteiger partial charge >= 0.3 is 0 Å². The Bertz CT molecular complexity index is 169. The van der Waals surface area contributed by atoms with Crippen LogP contribution < -0.4 is 0 Å². The standard InChI is InChI=1S/C9H19N3/c1-10-6-9(7-11(2)3)8-12(4)5/h6-7H,8H2,1-5H3/b9-7+,10-6-. The summed E-state index contributed by atoms with van der Waals surface area (Å²) in [5.74, 6) is 0. The molecule has 0 aromatic heterocycles. The summed E-state index contributed by atoms with van der Waals surface area (Å²) in [6.45, 7) is 0.926. The Labute approximate surface area is 75.4 Å². The minimum atomic E-state index is 0.926. The third-order valence-electron chi connectivity index (χ3n) is 1.22. The molecule has 0 aliphatic rings. The molecule has 0 saturated heterocycles. The van der Waals surface area contributed by atoms with Gasteiger partial charge in [-0.2, -0.15) is 0 Å². The van der Waals surface area contributed by atoms with E-state index in [0.717, 1.165) is 6.54 Å². The van der Waals surface area contributed by atoms with E-state index in [4.69, 9.17) is 0 Å². The summed E-state index contributed by atoms with van der Waals surface area (Å²) in [6.07, 6.45) is 3.97. The van der Waals surface area contributed by atoms with E-state index < -0.39 is 0 Å². The third kappa shape index (κ3) is 5.92. The van der Waals surface area contributed by atoms with Gasteiger partial charge in [0.05, 0.1) is 0 Å². The Morgan fingerprint density at radius 2 is 1.83 bits per heavy atom. The van der Waals surface area contributed by atoms with E-state index in [1.807, 2.05) is 39.3 Å². The maximum Gasteiger partial charge on any atom is 0.0277 e. The summed E-state index contributed by atoms with van der Waals surface area (Å²) in [5, 5.41) is 0. The summed E-state index contributed by atoms with van der Waals surface area (Å²) in [6, 6.07) is 0. The van der Waals surface area contributed by atoms with Gasteiger partial charge in [0.2, 0.25) is 0 Å². The molecule has 3 nitrogen and oxygen atoms in total. The highest BCUT2D eigenvalue weighted by molar-refractivity contribution is 5.78. The molecule has 70 valence electrons. The second-order valence-electron chi connectivity index (χ2n) is 3.29. The lowest BCUT2D eigenvalue weighted by molar-refractivity contribution is 0.445. The minimum absolute atomic E-state index is 0.926. The Kier molecular flexibility index (Phi) is 5.37. The lowest BCUT2D eigenvalue weighted by atomic mass is 10.3. The van der Waals surface area contributed by atoms with E-state index >= 15 is 0 Å². The van der Waals surface area contributed by atoms with Crippen molar-refractivity contribution in [2.45, 2.75) is 0 Å². The third-order valence-corrected chi connectivity index (χ3v) is 1.22. The molecule has 0 heterocycles. The van der Waals surface area contributed by atoms with Gasteiger partial charge in [-0.1, -0.05) is 0 Å². The molecule has 0 amide bonds. The molecule has 0 spiro atoms. The lowest BCUT2D eigenvalue weighted by Crippen LogP contribution is -2.17. The largest absolute Gasteiger partial charge is 0.383 e. The van der Waals surface area contributed by atoms with Gasteiger partial charge in [0.15, 0.2) is 0 Å². The normalized spacial score (nSPS) is 13.0. The van der Waals surface area contributed by atoms with Crippen LogP contribution in [0.3, 0.4) is 0 Å². The van der Waals surface area contributed by atoms with Gasteiger partial charge in [0.25, 0.3) is 0 Å². The summed E-state index contributed by atoms with van der Waals surface area (Å²) in [5.41, 5.74) is 1.22. The molecule has 0 atom stereocenters. The molecule has 0 aliphatic carbocycles. The molecule has 0 aliphatic heterocycles. The van der Waals surface area contributed by atoms with Gasteiger partial charge in [0.1, 0.15) is 0 Å². The van der Waals surface area contributed by atoms with Crippen LogP contribution in [-0.4, -0.2) is 57.8 Å². The molecule has 0 radical (unpaired) electrons. The second-order valence-corrected chi connectivity index (χ2v) is 3.29. The fourth-order valence-corrected chi connectivity index (χ4v) is 0.978. The Morgan fingerprint density at radius 3 is 2.17 bits per heavy atom. The van der Waals surface area contributed by atoms with E-state index in [0.29, 0.717) is 0 Å². The topological polar surface area (TPSA) is 18.8 Å². The average Bonchev–Trinajstić information content (AvgIpc) is 1.84. The van der Waals surface area contributed by atoms with E-state index in [2.05, 4.69) is 16.1 Å². The Hall–Kier alpha value is -0.830. The number of aliphatic imine (C=N–C) groups is 1. The van der Waals surface area contributed by atoms with E-state index in [-0.39, 0.29) is 0 Å². The molecular formula is C9H19N3. The van der Waals surface area contributed by atoms with Crippen LogP contribution in [0.25, 0.3) is 0 Å².